The first kappa shape index (κ1) is 12.2. The first-order valence-electron chi connectivity index (χ1n) is 5.78. The number of nitrogens with one attached hydrogen (secondary N) is 2. The molecule has 3 unspecified atom stereocenters. The summed E-state index contributed by atoms with van der Waals surface area (Å²) >= 11 is 0. The minimum Gasteiger partial charge on any atom is -0.353 e. The van der Waals surface area contributed by atoms with Crippen LogP contribution in [-0.2, 0) is 4.79 Å². The van der Waals surface area contributed by atoms with Crippen LogP contribution in [0.25, 0.3) is 0 Å². The van der Waals surface area contributed by atoms with Gasteiger partial charge in [0.25, 0.3) is 0 Å². The van der Waals surface area contributed by atoms with E-state index in [9.17, 15) is 4.79 Å². The van der Waals surface area contributed by atoms with E-state index in [1.165, 1.54) is 0 Å². The monoisotopic (exact) mass is 210 g/mol. The van der Waals surface area contributed by atoms with Gasteiger partial charge in [-0.3, -0.25) is 4.79 Å². The van der Waals surface area contributed by atoms with Gasteiger partial charge in [0, 0.05) is 18.0 Å². The van der Waals surface area contributed by atoms with Crippen LogP contribution in [0.5, 0.6) is 0 Å². The highest BCUT2D eigenvalue weighted by Gasteiger charge is 2.24. The van der Waals surface area contributed by atoms with Crippen LogP contribution in [-0.4, -0.2) is 24.5 Å². The van der Waals surface area contributed by atoms with Crippen molar-refractivity contribution in [1.82, 2.24) is 10.6 Å². The van der Waals surface area contributed by atoms with Crippen LogP contribution in [0.2, 0.25) is 0 Å². The summed E-state index contributed by atoms with van der Waals surface area (Å²) in [6, 6.07) is 0.671. The Bertz CT molecular complexity index is 228. The van der Waals surface area contributed by atoms with Crippen LogP contribution in [0.1, 0.15) is 33.1 Å². The summed E-state index contributed by atoms with van der Waals surface area (Å²) in [6.45, 7) is 8.77. The van der Waals surface area contributed by atoms with Crippen molar-refractivity contribution in [1.29, 1.82) is 0 Å². The summed E-state index contributed by atoms with van der Waals surface area (Å²) in [5.41, 5.74) is 0. The fraction of sp³-hybridized carbons (Fsp3) is 0.750. The molecular formula is C12H22N2O. The molecule has 0 radical (unpaired) electrons. The molecule has 1 aliphatic heterocycles. The zero-order valence-corrected chi connectivity index (χ0v) is 9.75. The Morgan fingerprint density at radius 3 is 3.07 bits per heavy atom. The Morgan fingerprint density at radius 1 is 1.73 bits per heavy atom. The van der Waals surface area contributed by atoms with E-state index in [1.54, 1.807) is 0 Å². The standard InChI is InChI=1S/C12H22N2O/c1-4-5-9(2)14-12(15)11-6-7-13-10(3)8-11/h4,9-11,13H,1,5-8H2,2-3H3,(H,14,15). The molecule has 1 amide bonds. The molecule has 86 valence electrons. The summed E-state index contributed by atoms with van der Waals surface area (Å²) in [4.78, 5) is 11.9. The Balaban J connectivity index is 2.35. The predicted octanol–water partition coefficient (Wildman–Crippen LogP) is 1.46. The highest BCUT2D eigenvalue weighted by atomic mass is 16.1. The van der Waals surface area contributed by atoms with Gasteiger partial charge >= 0.3 is 0 Å². The molecule has 1 heterocycles. The van der Waals surface area contributed by atoms with Gasteiger partial charge in [-0.25, -0.2) is 0 Å². The maximum Gasteiger partial charge on any atom is 0.223 e. The second-order valence-corrected chi connectivity index (χ2v) is 4.51. The van der Waals surface area contributed by atoms with Gasteiger partial charge in [0.2, 0.25) is 5.91 Å². The number of piperidine rings is 1. The molecule has 3 heteroatoms. The lowest BCUT2D eigenvalue weighted by Gasteiger charge is -2.28. The van der Waals surface area contributed by atoms with Gasteiger partial charge in [-0.15, -0.1) is 6.58 Å². The largest absolute Gasteiger partial charge is 0.353 e. The van der Waals surface area contributed by atoms with E-state index in [-0.39, 0.29) is 17.9 Å². The Labute approximate surface area is 92.3 Å². The third-order valence-corrected chi connectivity index (χ3v) is 2.90. The van der Waals surface area contributed by atoms with Crippen molar-refractivity contribution in [2.45, 2.75) is 45.2 Å². The fourth-order valence-electron chi connectivity index (χ4n) is 2.04. The lowest BCUT2D eigenvalue weighted by atomic mass is 9.92. The van der Waals surface area contributed by atoms with Crippen molar-refractivity contribution in [2.75, 3.05) is 6.54 Å². The molecule has 0 aromatic carbocycles. The van der Waals surface area contributed by atoms with Crippen LogP contribution in [0, 0.1) is 5.92 Å². The summed E-state index contributed by atoms with van der Waals surface area (Å²) < 4.78 is 0. The quantitative estimate of drug-likeness (QED) is 0.690. The van der Waals surface area contributed by atoms with Crippen molar-refractivity contribution < 1.29 is 4.79 Å². The van der Waals surface area contributed by atoms with E-state index in [0.717, 1.165) is 25.8 Å². The number of hydrogen-bond donors (Lipinski definition) is 2. The minimum absolute atomic E-state index is 0.188. The average Bonchev–Trinajstić information content (AvgIpc) is 2.18. The zero-order chi connectivity index (χ0) is 11.3. The number of carbonyl (C=O) groups excluding carboxylic acids is 1. The maximum atomic E-state index is 11.9. The molecule has 1 saturated heterocycles. The molecule has 0 bridgehead atoms. The molecule has 15 heavy (non-hydrogen) atoms. The van der Waals surface area contributed by atoms with Gasteiger partial charge in [-0.1, -0.05) is 6.08 Å². The molecule has 0 spiro atoms. The van der Waals surface area contributed by atoms with Crippen molar-refractivity contribution in [3.8, 4) is 0 Å². The number of carbonyl (C=O) groups is 1. The normalized spacial score (nSPS) is 28.1. The van der Waals surface area contributed by atoms with Crippen LogP contribution in [0.3, 0.4) is 0 Å². The summed E-state index contributed by atoms with van der Waals surface area (Å²) in [5.74, 6) is 0.395. The maximum absolute atomic E-state index is 11.9. The second-order valence-electron chi connectivity index (χ2n) is 4.51. The molecule has 1 rings (SSSR count). The lowest BCUT2D eigenvalue weighted by molar-refractivity contribution is -0.126. The van der Waals surface area contributed by atoms with E-state index in [0.29, 0.717) is 6.04 Å². The highest BCUT2D eigenvalue weighted by molar-refractivity contribution is 5.79. The smallest absolute Gasteiger partial charge is 0.223 e. The molecule has 0 saturated carbocycles. The van der Waals surface area contributed by atoms with E-state index < -0.39 is 0 Å². The van der Waals surface area contributed by atoms with E-state index in [1.807, 2.05) is 13.0 Å². The van der Waals surface area contributed by atoms with Crippen molar-refractivity contribution in [3.63, 3.8) is 0 Å². The molecule has 1 aliphatic rings. The molecule has 1 fully saturated rings. The molecule has 3 atom stereocenters. The van der Waals surface area contributed by atoms with Gasteiger partial charge < -0.3 is 10.6 Å². The minimum atomic E-state index is 0.188. The van der Waals surface area contributed by atoms with Crippen molar-refractivity contribution in [2.24, 2.45) is 5.92 Å². The fourth-order valence-corrected chi connectivity index (χ4v) is 2.04. The average molecular weight is 210 g/mol. The lowest BCUT2D eigenvalue weighted by Crippen LogP contribution is -2.44. The van der Waals surface area contributed by atoms with E-state index >= 15 is 0 Å². The molecular weight excluding hydrogens is 188 g/mol. The van der Waals surface area contributed by atoms with Gasteiger partial charge in [-0.05, 0) is 39.7 Å². The Hall–Kier alpha value is -0.830. The summed E-state index contributed by atoms with van der Waals surface area (Å²) in [6.07, 6.45) is 4.59. The van der Waals surface area contributed by atoms with Gasteiger partial charge in [-0.2, -0.15) is 0 Å². The number of amides is 1. The van der Waals surface area contributed by atoms with Gasteiger partial charge in [0.05, 0.1) is 0 Å². The molecule has 0 aliphatic carbocycles. The van der Waals surface area contributed by atoms with Crippen molar-refractivity contribution >= 4 is 5.91 Å². The SMILES string of the molecule is C=CCC(C)NC(=O)C1CCNC(C)C1. The molecule has 3 nitrogen and oxygen atoms in total. The molecule has 0 aromatic rings. The first-order valence-corrected chi connectivity index (χ1v) is 5.78. The van der Waals surface area contributed by atoms with E-state index in [2.05, 4.69) is 24.1 Å². The third-order valence-electron chi connectivity index (χ3n) is 2.90. The summed E-state index contributed by atoms with van der Waals surface area (Å²) in [7, 11) is 0. The predicted molar refractivity (Wildman–Crippen MR) is 62.6 cm³/mol. The number of hydrogen-bond acceptors (Lipinski definition) is 2. The number of rotatable bonds is 4. The van der Waals surface area contributed by atoms with Crippen LogP contribution in [0.4, 0.5) is 0 Å². The van der Waals surface area contributed by atoms with Gasteiger partial charge in [0.15, 0.2) is 0 Å². The highest BCUT2D eigenvalue weighted by Crippen LogP contribution is 2.16. The van der Waals surface area contributed by atoms with Gasteiger partial charge in [0.1, 0.15) is 0 Å². The molecule has 0 aromatic heterocycles. The zero-order valence-electron chi connectivity index (χ0n) is 9.75. The van der Waals surface area contributed by atoms with Crippen LogP contribution < -0.4 is 10.6 Å². The first-order chi connectivity index (χ1) is 7.13. The van der Waals surface area contributed by atoms with E-state index in [4.69, 9.17) is 0 Å². The van der Waals surface area contributed by atoms with Crippen LogP contribution in [0.15, 0.2) is 12.7 Å². The molecule has 2 N–H and O–H groups in total. The Kier molecular flexibility index (Phi) is 4.82. The van der Waals surface area contributed by atoms with Crippen molar-refractivity contribution in [3.05, 3.63) is 12.7 Å². The summed E-state index contributed by atoms with van der Waals surface area (Å²) in [5, 5.41) is 6.38. The second kappa shape index (κ2) is 5.91. The third kappa shape index (κ3) is 4.04. The van der Waals surface area contributed by atoms with Crippen LogP contribution >= 0.6 is 0 Å². The topological polar surface area (TPSA) is 41.1 Å². The Morgan fingerprint density at radius 2 is 2.47 bits per heavy atom.